The molecule has 0 aliphatic heterocycles. The van der Waals surface area contributed by atoms with Crippen molar-refractivity contribution >= 4 is 17.5 Å². The number of esters is 1. The average Bonchev–Trinajstić information content (AvgIpc) is 2.90. The standard InChI is InChI=1S/C18H22O4/c1-12(2)22-18(21)17(20)11-15(13-7-4-3-5-8-13)14-9-6-10-16(14)19/h3-5,7-8,12,14-15H,6,9-11H2,1-2H3. The predicted octanol–water partition coefficient (Wildman–Crippen LogP) is 3.05. The second-order valence-electron chi connectivity index (χ2n) is 6.06. The predicted molar refractivity (Wildman–Crippen MR) is 82.4 cm³/mol. The number of carbonyl (C=O) groups excluding carboxylic acids is 3. The van der Waals surface area contributed by atoms with E-state index in [1.54, 1.807) is 13.8 Å². The molecular weight excluding hydrogens is 280 g/mol. The fourth-order valence-corrected chi connectivity index (χ4v) is 3.02. The number of hydrogen-bond acceptors (Lipinski definition) is 4. The van der Waals surface area contributed by atoms with Crippen molar-refractivity contribution in [1.82, 2.24) is 0 Å². The van der Waals surface area contributed by atoms with Crippen LogP contribution in [0.25, 0.3) is 0 Å². The lowest BCUT2D eigenvalue weighted by Gasteiger charge is -2.22. The summed E-state index contributed by atoms with van der Waals surface area (Å²) in [5.41, 5.74) is 0.938. The third-order valence-corrected chi connectivity index (χ3v) is 4.04. The van der Waals surface area contributed by atoms with E-state index in [2.05, 4.69) is 0 Å². The highest BCUT2D eigenvalue weighted by atomic mass is 16.5. The lowest BCUT2D eigenvalue weighted by atomic mass is 9.81. The molecule has 0 bridgehead atoms. The van der Waals surface area contributed by atoms with Crippen LogP contribution in [0.4, 0.5) is 0 Å². The Morgan fingerprint density at radius 1 is 1.23 bits per heavy atom. The molecule has 4 heteroatoms. The van der Waals surface area contributed by atoms with Gasteiger partial charge in [0.2, 0.25) is 5.78 Å². The first-order valence-corrected chi connectivity index (χ1v) is 7.80. The number of ketones is 2. The Balaban J connectivity index is 2.17. The Morgan fingerprint density at radius 2 is 1.91 bits per heavy atom. The number of Topliss-reactive ketones (excluding diaryl/α,β-unsaturated/α-hetero) is 2. The monoisotopic (exact) mass is 302 g/mol. The van der Waals surface area contributed by atoms with Crippen LogP contribution in [-0.2, 0) is 19.1 Å². The average molecular weight is 302 g/mol. The van der Waals surface area contributed by atoms with Crippen molar-refractivity contribution in [3.63, 3.8) is 0 Å². The Bertz CT molecular complexity index is 547. The second-order valence-corrected chi connectivity index (χ2v) is 6.06. The van der Waals surface area contributed by atoms with E-state index in [1.165, 1.54) is 0 Å². The van der Waals surface area contributed by atoms with Crippen LogP contribution in [-0.4, -0.2) is 23.6 Å². The topological polar surface area (TPSA) is 60.4 Å². The third-order valence-electron chi connectivity index (χ3n) is 4.04. The van der Waals surface area contributed by atoms with Gasteiger partial charge < -0.3 is 4.74 Å². The maximum Gasteiger partial charge on any atom is 0.374 e. The summed E-state index contributed by atoms with van der Waals surface area (Å²) in [7, 11) is 0. The van der Waals surface area contributed by atoms with E-state index in [4.69, 9.17) is 4.74 Å². The minimum Gasteiger partial charge on any atom is -0.457 e. The van der Waals surface area contributed by atoms with E-state index in [0.29, 0.717) is 6.42 Å². The van der Waals surface area contributed by atoms with Crippen LogP contribution >= 0.6 is 0 Å². The van der Waals surface area contributed by atoms with Gasteiger partial charge in [-0.2, -0.15) is 0 Å². The van der Waals surface area contributed by atoms with Crippen LogP contribution in [0.2, 0.25) is 0 Å². The normalized spacial score (nSPS) is 19.2. The van der Waals surface area contributed by atoms with E-state index in [-0.39, 0.29) is 30.1 Å². The molecule has 0 aromatic heterocycles. The van der Waals surface area contributed by atoms with Crippen molar-refractivity contribution in [3.05, 3.63) is 35.9 Å². The van der Waals surface area contributed by atoms with Crippen LogP contribution in [0.15, 0.2) is 30.3 Å². The first-order valence-electron chi connectivity index (χ1n) is 7.80. The van der Waals surface area contributed by atoms with Crippen molar-refractivity contribution in [1.29, 1.82) is 0 Å². The molecule has 2 atom stereocenters. The number of carbonyl (C=O) groups is 3. The fraction of sp³-hybridized carbons (Fsp3) is 0.500. The largest absolute Gasteiger partial charge is 0.457 e. The maximum atomic E-state index is 12.1. The van der Waals surface area contributed by atoms with Gasteiger partial charge in [-0.15, -0.1) is 0 Å². The molecule has 1 saturated carbocycles. The summed E-state index contributed by atoms with van der Waals surface area (Å²) in [4.78, 5) is 36.0. The zero-order valence-corrected chi connectivity index (χ0v) is 13.1. The van der Waals surface area contributed by atoms with Crippen molar-refractivity contribution in [2.75, 3.05) is 0 Å². The summed E-state index contributed by atoms with van der Waals surface area (Å²) >= 11 is 0. The van der Waals surface area contributed by atoms with Crippen LogP contribution < -0.4 is 0 Å². The number of rotatable bonds is 6. The lowest BCUT2D eigenvalue weighted by Crippen LogP contribution is -2.26. The zero-order chi connectivity index (χ0) is 16.1. The minimum atomic E-state index is -0.804. The molecule has 0 saturated heterocycles. The molecule has 118 valence electrons. The van der Waals surface area contributed by atoms with E-state index in [9.17, 15) is 14.4 Å². The number of hydrogen-bond donors (Lipinski definition) is 0. The Hall–Kier alpha value is -1.97. The minimum absolute atomic E-state index is 0.0337. The summed E-state index contributed by atoms with van der Waals surface area (Å²) in [5, 5.41) is 0. The molecule has 22 heavy (non-hydrogen) atoms. The smallest absolute Gasteiger partial charge is 0.374 e. The molecule has 2 rings (SSSR count). The van der Waals surface area contributed by atoms with Crippen LogP contribution in [0.3, 0.4) is 0 Å². The molecule has 0 N–H and O–H groups in total. The molecule has 0 amide bonds. The summed E-state index contributed by atoms with van der Waals surface area (Å²) in [6.45, 7) is 3.42. The lowest BCUT2D eigenvalue weighted by molar-refractivity contribution is -0.157. The van der Waals surface area contributed by atoms with Gasteiger partial charge in [0.1, 0.15) is 5.78 Å². The number of ether oxygens (including phenoxy) is 1. The van der Waals surface area contributed by atoms with Gasteiger partial charge in [-0.3, -0.25) is 9.59 Å². The second kappa shape index (κ2) is 7.34. The van der Waals surface area contributed by atoms with Gasteiger partial charge >= 0.3 is 5.97 Å². The zero-order valence-electron chi connectivity index (χ0n) is 13.1. The molecule has 0 heterocycles. The first kappa shape index (κ1) is 16.4. The molecule has 1 aromatic rings. The van der Waals surface area contributed by atoms with E-state index in [0.717, 1.165) is 18.4 Å². The molecule has 1 aliphatic carbocycles. The Labute approximate surface area is 130 Å². The van der Waals surface area contributed by atoms with Crippen LogP contribution in [0.5, 0.6) is 0 Å². The van der Waals surface area contributed by atoms with Crippen molar-refractivity contribution in [3.8, 4) is 0 Å². The fourth-order valence-electron chi connectivity index (χ4n) is 3.02. The highest BCUT2D eigenvalue weighted by Gasteiger charge is 2.35. The molecule has 0 spiro atoms. The maximum absolute atomic E-state index is 12.1. The molecular formula is C18H22O4. The van der Waals surface area contributed by atoms with Gasteiger partial charge in [0, 0.05) is 24.7 Å². The highest BCUT2D eigenvalue weighted by Crippen LogP contribution is 2.37. The molecule has 0 radical (unpaired) electrons. The summed E-state index contributed by atoms with van der Waals surface area (Å²) in [5.74, 6) is -1.57. The first-order chi connectivity index (χ1) is 10.5. The van der Waals surface area contributed by atoms with Gasteiger partial charge in [-0.25, -0.2) is 4.79 Å². The Kier molecular flexibility index (Phi) is 5.47. The van der Waals surface area contributed by atoms with E-state index >= 15 is 0 Å². The summed E-state index contributed by atoms with van der Waals surface area (Å²) < 4.78 is 4.96. The summed E-state index contributed by atoms with van der Waals surface area (Å²) in [6.07, 6.45) is 1.92. The van der Waals surface area contributed by atoms with Gasteiger partial charge in [0.15, 0.2) is 0 Å². The molecule has 1 fully saturated rings. The van der Waals surface area contributed by atoms with Gasteiger partial charge in [0.05, 0.1) is 6.10 Å². The van der Waals surface area contributed by atoms with Crippen LogP contribution in [0, 0.1) is 5.92 Å². The molecule has 1 aliphatic rings. The van der Waals surface area contributed by atoms with Gasteiger partial charge in [-0.1, -0.05) is 30.3 Å². The van der Waals surface area contributed by atoms with Gasteiger partial charge in [-0.05, 0) is 32.3 Å². The van der Waals surface area contributed by atoms with Crippen molar-refractivity contribution in [2.24, 2.45) is 5.92 Å². The Morgan fingerprint density at radius 3 is 2.45 bits per heavy atom. The van der Waals surface area contributed by atoms with Gasteiger partial charge in [0.25, 0.3) is 0 Å². The summed E-state index contributed by atoms with van der Waals surface area (Å²) in [6, 6.07) is 9.50. The van der Waals surface area contributed by atoms with Crippen LogP contribution in [0.1, 0.15) is 51.0 Å². The highest BCUT2D eigenvalue weighted by molar-refractivity contribution is 6.33. The quantitative estimate of drug-likeness (QED) is 0.598. The van der Waals surface area contributed by atoms with Crippen molar-refractivity contribution in [2.45, 2.75) is 51.6 Å². The SMILES string of the molecule is CC(C)OC(=O)C(=O)CC(c1ccccc1)C1CCCC1=O. The molecule has 4 nitrogen and oxygen atoms in total. The molecule has 1 aromatic carbocycles. The van der Waals surface area contributed by atoms with E-state index < -0.39 is 11.8 Å². The molecule has 2 unspecified atom stereocenters. The van der Waals surface area contributed by atoms with E-state index in [1.807, 2.05) is 30.3 Å². The van der Waals surface area contributed by atoms with Crippen molar-refractivity contribution < 1.29 is 19.1 Å². The third kappa shape index (κ3) is 4.03. The number of benzene rings is 1.